The van der Waals surface area contributed by atoms with Crippen LogP contribution < -0.4 is 0 Å². The van der Waals surface area contributed by atoms with Gasteiger partial charge in [0.1, 0.15) is 0 Å². The van der Waals surface area contributed by atoms with Crippen LogP contribution in [0.15, 0.2) is 22.9 Å². The van der Waals surface area contributed by atoms with Crippen molar-refractivity contribution in [1.29, 1.82) is 0 Å². The quantitative estimate of drug-likeness (QED) is 0.779. The molecule has 84 valence electrons. The number of aryl methyl sites for hydroxylation is 2. The van der Waals surface area contributed by atoms with E-state index >= 15 is 0 Å². The molecule has 0 aromatic carbocycles. The molecule has 2 nitrogen and oxygen atoms in total. The second-order valence-corrected chi connectivity index (χ2v) is 5.39. The summed E-state index contributed by atoms with van der Waals surface area (Å²) in [6.45, 7) is 3.83. The van der Waals surface area contributed by atoms with Crippen molar-refractivity contribution in [3.8, 4) is 0 Å². The molecule has 16 heavy (non-hydrogen) atoms. The molecule has 0 fully saturated rings. The van der Waals surface area contributed by atoms with Gasteiger partial charge in [0.15, 0.2) is 11.5 Å². The predicted molar refractivity (Wildman–Crippen MR) is 70.2 cm³/mol. The normalized spacial score (nSPS) is 12.6. The molecule has 0 aliphatic carbocycles. The second kappa shape index (κ2) is 4.31. The van der Waals surface area contributed by atoms with Crippen molar-refractivity contribution in [1.82, 2.24) is 0 Å². The van der Waals surface area contributed by atoms with Crippen LogP contribution in [-0.2, 0) is 0 Å². The van der Waals surface area contributed by atoms with Gasteiger partial charge >= 0.3 is 0 Å². The van der Waals surface area contributed by atoms with Crippen molar-refractivity contribution in [3.05, 3.63) is 43.8 Å². The standard InChI is InChI=1S/C12H12O2S2/c1-7-3-5-15-11(7)9(13)10(14)12-8(2)4-6-16-12/h3-6,13-14H,1-2H3/b10-9+. The molecule has 2 aromatic rings. The highest BCUT2D eigenvalue weighted by atomic mass is 32.1. The molecule has 0 unspecified atom stereocenters. The van der Waals surface area contributed by atoms with Gasteiger partial charge in [-0.05, 0) is 47.9 Å². The summed E-state index contributed by atoms with van der Waals surface area (Å²) in [5.41, 5.74) is 1.95. The van der Waals surface area contributed by atoms with Crippen LogP contribution in [0.5, 0.6) is 0 Å². The first-order valence-electron chi connectivity index (χ1n) is 4.82. The van der Waals surface area contributed by atoms with E-state index in [9.17, 15) is 10.2 Å². The third-order valence-electron chi connectivity index (χ3n) is 2.38. The molecule has 2 N–H and O–H groups in total. The van der Waals surface area contributed by atoms with Gasteiger partial charge in [0.2, 0.25) is 0 Å². The minimum atomic E-state index is -0.0296. The van der Waals surface area contributed by atoms with Crippen molar-refractivity contribution in [3.63, 3.8) is 0 Å². The molecule has 0 bridgehead atoms. The number of rotatable bonds is 2. The van der Waals surface area contributed by atoms with Gasteiger partial charge in [-0.3, -0.25) is 0 Å². The Morgan fingerprint density at radius 2 is 1.25 bits per heavy atom. The molecule has 4 heteroatoms. The molecule has 0 aliphatic rings. The van der Waals surface area contributed by atoms with Crippen LogP contribution in [0.1, 0.15) is 20.9 Å². The summed E-state index contributed by atoms with van der Waals surface area (Å²) in [6, 6.07) is 3.84. The summed E-state index contributed by atoms with van der Waals surface area (Å²) >= 11 is 2.85. The fourth-order valence-electron chi connectivity index (χ4n) is 1.45. The zero-order chi connectivity index (χ0) is 11.7. The zero-order valence-electron chi connectivity index (χ0n) is 9.02. The first kappa shape index (κ1) is 11.2. The van der Waals surface area contributed by atoms with Gasteiger partial charge in [0, 0.05) is 0 Å². The van der Waals surface area contributed by atoms with Gasteiger partial charge < -0.3 is 10.2 Å². The van der Waals surface area contributed by atoms with E-state index in [0.717, 1.165) is 20.9 Å². The van der Waals surface area contributed by atoms with E-state index < -0.39 is 0 Å². The maximum Gasteiger partial charge on any atom is 0.176 e. The van der Waals surface area contributed by atoms with Crippen LogP contribution >= 0.6 is 22.7 Å². The van der Waals surface area contributed by atoms with Gasteiger partial charge in [-0.25, -0.2) is 0 Å². The van der Waals surface area contributed by atoms with E-state index in [4.69, 9.17) is 0 Å². The smallest absolute Gasteiger partial charge is 0.176 e. The molecule has 0 amide bonds. The molecule has 0 atom stereocenters. The van der Waals surface area contributed by atoms with Crippen LogP contribution in [0.4, 0.5) is 0 Å². The van der Waals surface area contributed by atoms with Crippen molar-refractivity contribution in [2.24, 2.45) is 0 Å². The number of aliphatic hydroxyl groups is 2. The highest BCUT2D eigenvalue weighted by Gasteiger charge is 2.15. The molecule has 2 heterocycles. The third-order valence-corrected chi connectivity index (χ3v) is 4.43. The van der Waals surface area contributed by atoms with Crippen molar-refractivity contribution >= 4 is 34.2 Å². The van der Waals surface area contributed by atoms with Gasteiger partial charge in [0.05, 0.1) is 9.75 Å². The van der Waals surface area contributed by atoms with Crippen LogP contribution in [0, 0.1) is 13.8 Å². The minimum Gasteiger partial charge on any atom is -0.503 e. The molecular formula is C12H12O2S2. The Bertz CT molecular complexity index is 486. The lowest BCUT2D eigenvalue weighted by molar-refractivity contribution is 0.461. The average Bonchev–Trinajstić information content (AvgIpc) is 2.85. The van der Waals surface area contributed by atoms with Gasteiger partial charge in [-0.1, -0.05) is 0 Å². The van der Waals surface area contributed by atoms with Crippen molar-refractivity contribution in [2.45, 2.75) is 13.8 Å². The Kier molecular flexibility index (Phi) is 3.03. The van der Waals surface area contributed by atoms with Crippen molar-refractivity contribution < 1.29 is 10.2 Å². The van der Waals surface area contributed by atoms with Crippen LogP contribution in [0.2, 0.25) is 0 Å². The van der Waals surface area contributed by atoms with E-state index in [1.165, 1.54) is 22.7 Å². The number of aliphatic hydroxyl groups excluding tert-OH is 2. The Labute approximate surface area is 102 Å². The largest absolute Gasteiger partial charge is 0.503 e. The molecular weight excluding hydrogens is 240 g/mol. The Hall–Kier alpha value is -1.26. The average molecular weight is 252 g/mol. The number of hydrogen-bond donors (Lipinski definition) is 2. The molecule has 0 spiro atoms. The molecule has 0 saturated heterocycles. The summed E-state index contributed by atoms with van der Waals surface area (Å²) in [7, 11) is 0. The van der Waals surface area contributed by atoms with E-state index in [1.54, 1.807) is 0 Å². The summed E-state index contributed by atoms with van der Waals surface area (Å²) in [5.74, 6) is -0.0592. The Morgan fingerprint density at radius 3 is 1.50 bits per heavy atom. The van der Waals surface area contributed by atoms with E-state index in [-0.39, 0.29) is 11.5 Å². The second-order valence-electron chi connectivity index (χ2n) is 3.56. The van der Waals surface area contributed by atoms with E-state index in [2.05, 4.69) is 0 Å². The zero-order valence-corrected chi connectivity index (χ0v) is 10.7. The fourth-order valence-corrected chi connectivity index (χ4v) is 3.19. The van der Waals surface area contributed by atoms with Gasteiger partial charge in [0.25, 0.3) is 0 Å². The molecule has 2 rings (SSSR count). The lowest BCUT2D eigenvalue weighted by Gasteiger charge is -2.03. The molecule has 2 aromatic heterocycles. The lowest BCUT2D eigenvalue weighted by Crippen LogP contribution is -1.89. The number of thiophene rings is 2. The molecule has 0 saturated carbocycles. The maximum absolute atomic E-state index is 10.0. The molecule has 0 aliphatic heterocycles. The molecule has 0 radical (unpaired) electrons. The minimum absolute atomic E-state index is 0.0296. The number of hydrogen-bond acceptors (Lipinski definition) is 4. The maximum atomic E-state index is 10.0. The first-order valence-corrected chi connectivity index (χ1v) is 6.58. The SMILES string of the molecule is Cc1ccsc1/C(O)=C(\O)c1sccc1C. The fraction of sp³-hybridized carbons (Fsp3) is 0.167. The third kappa shape index (κ3) is 1.86. The predicted octanol–water partition coefficient (Wildman–Crippen LogP) is 4.37. The summed E-state index contributed by atoms with van der Waals surface area (Å²) in [4.78, 5) is 1.45. The van der Waals surface area contributed by atoms with Crippen molar-refractivity contribution in [2.75, 3.05) is 0 Å². The van der Waals surface area contributed by atoms with Crippen LogP contribution in [-0.4, -0.2) is 10.2 Å². The lowest BCUT2D eigenvalue weighted by atomic mass is 10.2. The monoisotopic (exact) mass is 252 g/mol. The van der Waals surface area contributed by atoms with E-state index in [1.807, 2.05) is 36.7 Å². The highest BCUT2D eigenvalue weighted by molar-refractivity contribution is 7.12. The first-order chi connectivity index (χ1) is 7.61. The Balaban J connectivity index is 2.51. The summed E-state index contributed by atoms with van der Waals surface area (Å²) in [5, 5.41) is 23.8. The van der Waals surface area contributed by atoms with Crippen LogP contribution in [0.3, 0.4) is 0 Å². The topological polar surface area (TPSA) is 40.5 Å². The van der Waals surface area contributed by atoms with Gasteiger partial charge in [-0.15, -0.1) is 22.7 Å². The van der Waals surface area contributed by atoms with Gasteiger partial charge in [-0.2, -0.15) is 0 Å². The summed E-state index contributed by atoms with van der Waals surface area (Å²) in [6.07, 6.45) is 0. The highest BCUT2D eigenvalue weighted by Crippen LogP contribution is 2.31. The summed E-state index contributed by atoms with van der Waals surface area (Å²) < 4.78 is 0. The van der Waals surface area contributed by atoms with Crippen LogP contribution in [0.25, 0.3) is 11.5 Å². The van der Waals surface area contributed by atoms with E-state index in [0.29, 0.717) is 0 Å². The Morgan fingerprint density at radius 1 is 0.875 bits per heavy atom.